The Morgan fingerprint density at radius 2 is 0.889 bits per heavy atom. The first-order valence-corrected chi connectivity index (χ1v) is 22.1. The van der Waals surface area contributed by atoms with Crippen molar-refractivity contribution < 1.29 is 28.5 Å². The summed E-state index contributed by atoms with van der Waals surface area (Å²) in [5, 5.41) is 0. The summed E-state index contributed by atoms with van der Waals surface area (Å²) in [5.41, 5.74) is 7.24. The summed E-state index contributed by atoms with van der Waals surface area (Å²) in [6.07, 6.45) is 0.291. The van der Waals surface area contributed by atoms with Gasteiger partial charge in [-0.2, -0.15) is 0 Å². The predicted molar refractivity (Wildman–Crippen MR) is 248 cm³/mol. The van der Waals surface area contributed by atoms with Gasteiger partial charge in [-0.15, -0.1) is 0 Å². The predicted octanol–water partition coefficient (Wildman–Crippen LogP) is 11.5. The average molecular weight is 845 g/mol. The third kappa shape index (κ3) is 11.5. The zero-order chi connectivity index (χ0) is 44.0. The molecular formula is C55H60N2O6. The third-order valence-corrected chi connectivity index (χ3v) is 11.6. The fourth-order valence-corrected chi connectivity index (χ4v) is 8.55. The van der Waals surface area contributed by atoms with Gasteiger partial charge in [0.2, 0.25) is 0 Å². The van der Waals surface area contributed by atoms with Gasteiger partial charge in [0.15, 0.2) is 5.79 Å². The molecule has 0 unspecified atom stereocenters. The number of hydrogen-bond donors (Lipinski definition) is 0. The summed E-state index contributed by atoms with van der Waals surface area (Å²) in [6, 6.07) is 52.5. The highest BCUT2D eigenvalue weighted by atomic mass is 16.8. The van der Waals surface area contributed by atoms with Gasteiger partial charge in [0, 0.05) is 13.1 Å². The van der Waals surface area contributed by atoms with Gasteiger partial charge in [0.25, 0.3) is 0 Å². The van der Waals surface area contributed by atoms with Gasteiger partial charge in [-0.1, -0.05) is 127 Å². The zero-order valence-corrected chi connectivity index (χ0v) is 37.4. The van der Waals surface area contributed by atoms with Gasteiger partial charge in [0.05, 0.1) is 12.1 Å². The van der Waals surface area contributed by atoms with E-state index in [2.05, 4.69) is 91.9 Å². The molecule has 2 fully saturated rings. The van der Waals surface area contributed by atoms with Crippen LogP contribution in [0.2, 0.25) is 0 Å². The van der Waals surface area contributed by atoms with E-state index in [4.69, 9.17) is 23.7 Å². The third-order valence-electron chi connectivity index (χ3n) is 11.6. The summed E-state index contributed by atoms with van der Waals surface area (Å²) < 4.78 is 32.5. The number of aryl methyl sites for hydroxylation is 1. The molecule has 6 aromatic carbocycles. The molecule has 2 aliphatic heterocycles. The van der Waals surface area contributed by atoms with Crippen molar-refractivity contribution in [3.63, 3.8) is 0 Å². The molecule has 63 heavy (non-hydrogen) atoms. The summed E-state index contributed by atoms with van der Waals surface area (Å²) >= 11 is 0. The second kappa shape index (κ2) is 19.1. The van der Waals surface area contributed by atoms with Gasteiger partial charge < -0.3 is 33.5 Å². The molecule has 8 nitrogen and oxygen atoms in total. The molecule has 2 saturated heterocycles. The molecule has 2 aliphatic rings. The molecule has 6 aromatic rings. The van der Waals surface area contributed by atoms with E-state index in [0.29, 0.717) is 39.1 Å². The van der Waals surface area contributed by atoms with Gasteiger partial charge in [-0.25, -0.2) is 4.79 Å². The van der Waals surface area contributed by atoms with E-state index in [1.54, 1.807) is 0 Å². The van der Waals surface area contributed by atoms with Crippen molar-refractivity contribution in [2.45, 2.75) is 116 Å². The van der Waals surface area contributed by atoms with E-state index >= 15 is 4.79 Å². The van der Waals surface area contributed by atoms with Crippen molar-refractivity contribution in [1.82, 2.24) is 9.80 Å². The minimum atomic E-state index is -0.878. The van der Waals surface area contributed by atoms with Crippen LogP contribution in [-0.2, 0) is 48.6 Å². The molecule has 0 bridgehead atoms. The van der Waals surface area contributed by atoms with Gasteiger partial charge in [-0.3, -0.25) is 0 Å². The van der Waals surface area contributed by atoms with Gasteiger partial charge in [0.1, 0.15) is 48.3 Å². The first-order valence-electron chi connectivity index (χ1n) is 22.1. The Bertz CT molecular complexity index is 2380. The Morgan fingerprint density at radius 3 is 1.30 bits per heavy atom. The number of benzene rings is 6. The fraction of sp³-hybridized carbons (Fsp3) is 0.327. The smallest absolute Gasteiger partial charge is 0.321 e. The Kier molecular flexibility index (Phi) is 13.2. The van der Waals surface area contributed by atoms with Crippen LogP contribution >= 0.6 is 0 Å². The fourth-order valence-electron chi connectivity index (χ4n) is 8.55. The lowest BCUT2D eigenvalue weighted by atomic mass is 9.90. The molecule has 0 saturated carbocycles. The average Bonchev–Trinajstić information content (AvgIpc) is 3.58. The zero-order valence-electron chi connectivity index (χ0n) is 37.4. The topological polar surface area (TPSA) is 69.7 Å². The summed E-state index contributed by atoms with van der Waals surface area (Å²) in [4.78, 5) is 19.8. The Balaban J connectivity index is 1.15. The van der Waals surface area contributed by atoms with Crippen LogP contribution in [0.3, 0.4) is 0 Å². The van der Waals surface area contributed by atoms with Crippen molar-refractivity contribution in [2.24, 2.45) is 0 Å². The van der Waals surface area contributed by atoms with E-state index in [1.165, 1.54) is 5.56 Å². The first-order chi connectivity index (χ1) is 30.3. The minimum absolute atomic E-state index is 0.0713. The quantitative estimate of drug-likeness (QED) is 0.103. The number of carbonyl (C=O) groups excluding carboxylic acids is 1. The van der Waals surface area contributed by atoms with Crippen molar-refractivity contribution >= 4 is 6.03 Å². The Hall–Kier alpha value is -6.09. The maximum atomic E-state index is 15.7. The second-order valence-corrected chi connectivity index (χ2v) is 18.3. The van der Waals surface area contributed by atoms with Crippen LogP contribution in [-0.4, -0.2) is 51.5 Å². The van der Waals surface area contributed by atoms with E-state index in [9.17, 15) is 0 Å². The molecule has 8 heteroatoms. The van der Waals surface area contributed by atoms with Crippen LogP contribution in [0.25, 0.3) is 0 Å². The maximum Gasteiger partial charge on any atom is 0.321 e. The molecule has 0 N–H and O–H groups in total. The van der Waals surface area contributed by atoms with Crippen LogP contribution in [0.4, 0.5) is 4.79 Å². The van der Waals surface area contributed by atoms with Gasteiger partial charge >= 0.3 is 6.03 Å². The van der Waals surface area contributed by atoms with E-state index in [1.807, 2.05) is 117 Å². The number of nitrogens with zero attached hydrogens (tertiary/aromatic N) is 2. The summed E-state index contributed by atoms with van der Waals surface area (Å²) in [6.45, 7) is 13.9. The second-order valence-electron chi connectivity index (χ2n) is 18.3. The lowest BCUT2D eigenvalue weighted by molar-refractivity contribution is -0.157. The van der Waals surface area contributed by atoms with Gasteiger partial charge in [-0.05, 0) is 124 Å². The van der Waals surface area contributed by atoms with E-state index < -0.39 is 18.0 Å². The molecule has 2 amide bonds. The summed E-state index contributed by atoms with van der Waals surface area (Å²) in [7, 11) is 0. The first kappa shape index (κ1) is 43.6. The highest BCUT2D eigenvalue weighted by Crippen LogP contribution is 2.41. The summed E-state index contributed by atoms with van der Waals surface area (Å²) in [5.74, 6) is 1.46. The van der Waals surface area contributed by atoms with Crippen LogP contribution in [0.1, 0.15) is 73.6 Å². The van der Waals surface area contributed by atoms with Crippen molar-refractivity contribution in [1.29, 1.82) is 0 Å². The normalized spacial score (nSPS) is 19.6. The Morgan fingerprint density at radius 1 is 0.508 bits per heavy atom. The number of ether oxygens (including phenoxy) is 5. The van der Waals surface area contributed by atoms with Crippen LogP contribution in [0, 0.1) is 6.92 Å². The standard InChI is InChI=1S/C55H60N2O6/c1-39-17-19-40(20-18-39)33-49-51-52(63-55(5,6)62-51)50(34-41-21-31-48(32-22-41)61-54(2,3)4)57(36-43-25-29-47(30-26-43)60-38-45-15-11-8-12-16-45)53(58)56(49)35-42-23-27-46(28-24-42)59-37-44-13-9-7-10-14-44/h7-32,49-52H,33-38H2,1-6H3/t49-,50-,51+,52+/m1/s1. The van der Waals surface area contributed by atoms with Crippen molar-refractivity contribution in [3.05, 3.63) is 197 Å². The van der Waals surface area contributed by atoms with E-state index in [-0.39, 0.29) is 23.7 Å². The van der Waals surface area contributed by atoms with Crippen molar-refractivity contribution in [3.8, 4) is 17.2 Å². The van der Waals surface area contributed by atoms with E-state index in [0.717, 1.165) is 50.6 Å². The highest BCUT2D eigenvalue weighted by molar-refractivity contribution is 5.76. The maximum absolute atomic E-state index is 15.7. The highest BCUT2D eigenvalue weighted by Gasteiger charge is 2.55. The number of urea groups is 1. The SMILES string of the molecule is Cc1ccc(C[C@@H]2[C@@H]3OC(C)(C)O[C@H]3[C@@H](Cc3ccc(OC(C)(C)C)cc3)N(Cc3ccc(OCc4ccccc4)cc3)C(=O)N2Cc2ccc(OCc3ccccc3)cc2)cc1. The molecule has 8 rings (SSSR count). The lowest BCUT2D eigenvalue weighted by Crippen LogP contribution is -2.51. The molecule has 326 valence electrons. The monoisotopic (exact) mass is 844 g/mol. The molecule has 0 aromatic heterocycles. The molecule has 0 radical (unpaired) electrons. The number of fused-ring (bicyclic) bond motifs is 1. The lowest BCUT2D eigenvalue weighted by Gasteiger charge is -2.37. The minimum Gasteiger partial charge on any atom is -0.489 e. The Labute approximate surface area is 373 Å². The van der Waals surface area contributed by atoms with Crippen LogP contribution in [0.5, 0.6) is 17.2 Å². The number of rotatable bonds is 15. The number of carbonyl (C=O) groups is 1. The number of amides is 2. The van der Waals surface area contributed by atoms with Crippen LogP contribution < -0.4 is 14.2 Å². The van der Waals surface area contributed by atoms with Crippen LogP contribution in [0.15, 0.2) is 158 Å². The van der Waals surface area contributed by atoms with Crippen molar-refractivity contribution in [2.75, 3.05) is 0 Å². The molecular weight excluding hydrogens is 785 g/mol. The largest absolute Gasteiger partial charge is 0.489 e. The number of hydrogen-bond acceptors (Lipinski definition) is 6. The molecule has 0 aliphatic carbocycles. The molecule has 0 spiro atoms. The molecule has 4 atom stereocenters. The molecule has 2 heterocycles.